The van der Waals surface area contributed by atoms with Crippen molar-refractivity contribution in [2.75, 3.05) is 7.11 Å². The van der Waals surface area contributed by atoms with Crippen LogP contribution in [-0.4, -0.2) is 22.6 Å². The third-order valence-electron chi connectivity index (χ3n) is 2.99. The molecule has 2 N–H and O–H groups in total. The lowest BCUT2D eigenvalue weighted by molar-refractivity contribution is -0.118. The lowest BCUT2D eigenvalue weighted by Gasteiger charge is -2.10. The van der Waals surface area contributed by atoms with E-state index in [-0.39, 0.29) is 17.5 Å². The Labute approximate surface area is 120 Å². The standard InChI is InChI=1S/C13H15ClFN3O2/c1-7(14)13-17-9-5-8(15)11(20-2)6-10(9)18(13)4-3-12(16)19/h5-7H,3-4H2,1-2H3,(H2,16,19). The summed E-state index contributed by atoms with van der Waals surface area (Å²) in [5.41, 5.74) is 6.30. The van der Waals surface area contributed by atoms with Crippen molar-refractivity contribution in [2.24, 2.45) is 5.73 Å². The van der Waals surface area contributed by atoms with Crippen LogP contribution in [0.2, 0.25) is 0 Å². The Balaban J connectivity index is 2.59. The van der Waals surface area contributed by atoms with Crippen LogP contribution in [-0.2, 0) is 11.3 Å². The van der Waals surface area contributed by atoms with E-state index in [1.54, 1.807) is 17.6 Å². The molecule has 7 heteroatoms. The van der Waals surface area contributed by atoms with Crippen LogP contribution in [0.3, 0.4) is 0 Å². The van der Waals surface area contributed by atoms with Gasteiger partial charge in [-0.3, -0.25) is 4.79 Å². The van der Waals surface area contributed by atoms with Crippen molar-refractivity contribution in [2.45, 2.75) is 25.3 Å². The topological polar surface area (TPSA) is 70.1 Å². The maximum atomic E-state index is 13.7. The van der Waals surface area contributed by atoms with E-state index < -0.39 is 11.7 Å². The van der Waals surface area contributed by atoms with Crippen LogP contribution in [0, 0.1) is 5.82 Å². The fraction of sp³-hybridized carbons (Fsp3) is 0.385. The zero-order valence-corrected chi connectivity index (χ0v) is 11.9. The van der Waals surface area contributed by atoms with Gasteiger partial charge in [-0.25, -0.2) is 9.37 Å². The van der Waals surface area contributed by atoms with E-state index in [2.05, 4.69) is 4.98 Å². The number of aryl methyl sites for hydroxylation is 1. The first kappa shape index (κ1) is 14.6. The van der Waals surface area contributed by atoms with Crippen LogP contribution < -0.4 is 10.5 Å². The summed E-state index contributed by atoms with van der Waals surface area (Å²) in [6.45, 7) is 2.10. The summed E-state index contributed by atoms with van der Waals surface area (Å²) in [7, 11) is 1.39. The number of ether oxygens (including phenoxy) is 1. The smallest absolute Gasteiger partial charge is 0.219 e. The SMILES string of the molecule is COc1cc2c(cc1F)nc(C(C)Cl)n2CCC(N)=O. The van der Waals surface area contributed by atoms with Gasteiger partial charge in [0.1, 0.15) is 5.82 Å². The molecule has 0 fully saturated rings. The molecule has 1 aromatic carbocycles. The van der Waals surface area contributed by atoms with Crippen LogP contribution in [0.5, 0.6) is 5.75 Å². The molecule has 1 aromatic heterocycles. The largest absolute Gasteiger partial charge is 0.494 e. The summed E-state index contributed by atoms with van der Waals surface area (Å²) in [6, 6.07) is 2.83. The Morgan fingerprint density at radius 3 is 2.85 bits per heavy atom. The summed E-state index contributed by atoms with van der Waals surface area (Å²) in [4.78, 5) is 15.3. The number of hydrogen-bond donors (Lipinski definition) is 1. The van der Waals surface area contributed by atoms with Gasteiger partial charge >= 0.3 is 0 Å². The van der Waals surface area contributed by atoms with Crippen LogP contribution in [0.1, 0.15) is 24.5 Å². The van der Waals surface area contributed by atoms with E-state index in [9.17, 15) is 9.18 Å². The highest BCUT2D eigenvalue weighted by atomic mass is 35.5. The summed E-state index contributed by atoms with van der Waals surface area (Å²) in [5.74, 6) is -0.232. The number of primary amides is 1. The molecule has 0 bridgehead atoms. The molecule has 0 aliphatic heterocycles. The van der Waals surface area contributed by atoms with E-state index in [4.69, 9.17) is 22.1 Å². The van der Waals surface area contributed by atoms with Crippen molar-refractivity contribution < 1.29 is 13.9 Å². The third-order valence-corrected chi connectivity index (χ3v) is 3.18. The van der Waals surface area contributed by atoms with Gasteiger partial charge in [-0.15, -0.1) is 11.6 Å². The van der Waals surface area contributed by atoms with Gasteiger partial charge in [0.15, 0.2) is 11.6 Å². The number of amides is 1. The van der Waals surface area contributed by atoms with Crippen LogP contribution in [0.15, 0.2) is 12.1 Å². The molecular formula is C13H15ClFN3O2. The molecule has 0 aliphatic carbocycles. The second-order valence-electron chi connectivity index (χ2n) is 4.43. The maximum absolute atomic E-state index is 13.7. The molecule has 1 amide bonds. The minimum absolute atomic E-state index is 0.117. The van der Waals surface area contributed by atoms with E-state index in [0.29, 0.717) is 23.4 Å². The van der Waals surface area contributed by atoms with Crippen molar-refractivity contribution in [1.29, 1.82) is 0 Å². The molecule has 108 valence electrons. The molecule has 0 saturated carbocycles. The number of methoxy groups -OCH3 is 1. The van der Waals surface area contributed by atoms with Crippen LogP contribution in [0.4, 0.5) is 4.39 Å². The highest BCUT2D eigenvalue weighted by Gasteiger charge is 2.17. The second kappa shape index (κ2) is 5.66. The predicted octanol–water partition coefficient (Wildman–Crippen LogP) is 2.36. The van der Waals surface area contributed by atoms with E-state index in [0.717, 1.165) is 0 Å². The molecular weight excluding hydrogens is 285 g/mol. The molecule has 2 rings (SSSR count). The molecule has 0 spiro atoms. The molecule has 0 radical (unpaired) electrons. The van der Waals surface area contributed by atoms with Gasteiger partial charge in [-0.1, -0.05) is 0 Å². The summed E-state index contributed by atoms with van der Waals surface area (Å²) in [5, 5.41) is -0.371. The third kappa shape index (κ3) is 2.70. The lowest BCUT2D eigenvalue weighted by Crippen LogP contribution is -2.15. The molecule has 1 unspecified atom stereocenters. The summed E-state index contributed by atoms with van der Waals surface area (Å²) < 4.78 is 20.4. The number of halogens is 2. The first-order valence-electron chi connectivity index (χ1n) is 6.10. The summed E-state index contributed by atoms with van der Waals surface area (Å²) in [6.07, 6.45) is 0.155. The average molecular weight is 300 g/mol. The number of hydrogen-bond acceptors (Lipinski definition) is 3. The van der Waals surface area contributed by atoms with Crippen LogP contribution in [0.25, 0.3) is 11.0 Å². The van der Waals surface area contributed by atoms with Crippen molar-refractivity contribution in [1.82, 2.24) is 9.55 Å². The zero-order chi connectivity index (χ0) is 14.9. The molecule has 2 aromatic rings. The Morgan fingerprint density at radius 1 is 1.60 bits per heavy atom. The summed E-state index contributed by atoms with van der Waals surface area (Å²) >= 11 is 6.08. The number of nitrogens with zero attached hydrogens (tertiary/aromatic N) is 2. The average Bonchev–Trinajstić information content (AvgIpc) is 2.72. The Bertz CT molecular complexity index is 655. The number of alkyl halides is 1. The van der Waals surface area contributed by atoms with Gasteiger partial charge < -0.3 is 15.0 Å². The minimum Gasteiger partial charge on any atom is -0.494 e. The molecule has 20 heavy (non-hydrogen) atoms. The van der Waals surface area contributed by atoms with Crippen molar-refractivity contribution in [3.05, 3.63) is 23.8 Å². The quantitative estimate of drug-likeness (QED) is 0.862. The number of rotatable bonds is 5. The number of nitrogens with two attached hydrogens (primary N) is 1. The van der Waals surface area contributed by atoms with Gasteiger partial charge in [0.05, 0.1) is 23.5 Å². The fourth-order valence-corrected chi connectivity index (χ4v) is 2.23. The van der Waals surface area contributed by atoms with E-state index >= 15 is 0 Å². The van der Waals surface area contributed by atoms with Gasteiger partial charge in [0.25, 0.3) is 0 Å². The fourth-order valence-electron chi connectivity index (χ4n) is 2.06. The highest BCUT2D eigenvalue weighted by molar-refractivity contribution is 6.20. The van der Waals surface area contributed by atoms with E-state index in [1.165, 1.54) is 13.2 Å². The zero-order valence-electron chi connectivity index (χ0n) is 11.2. The molecule has 0 saturated heterocycles. The van der Waals surface area contributed by atoms with Crippen LogP contribution >= 0.6 is 11.6 Å². The monoisotopic (exact) mass is 299 g/mol. The van der Waals surface area contributed by atoms with Crippen molar-refractivity contribution >= 4 is 28.5 Å². The van der Waals surface area contributed by atoms with E-state index in [1.807, 2.05) is 0 Å². The lowest BCUT2D eigenvalue weighted by atomic mass is 10.2. The minimum atomic E-state index is -0.492. The number of carbonyl (C=O) groups is 1. The second-order valence-corrected chi connectivity index (χ2v) is 5.08. The Hall–Kier alpha value is -1.82. The van der Waals surface area contributed by atoms with Crippen molar-refractivity contribution in [3.8, 4) is 5.75 Å². The number of imidazole rings is 1. The molecule has 1 atom stereocenters. The normalized spacial score (nSPS) is 12.6. The number of benzene rings is 1. The van der Waals surface area contributed by atoms with Gasteiger partial charge in [-0.05, 0) is 6.92 Å². The maximum Gasteiger partial charge on any atom is 0.219 e. The Kier molecular flexibility index (Phi) is 4.13. The first-order valence-corrected chi connectivity index (χ1v) is 6.53. The molecule has 1 heterocycles. The van der Waals surface area contributed by atoms with Gasteiger partial charge in [0.2, 0.25) is 5.91 Å². The Morgan fingerprint density at radius 2 is 2.30 bits per heavy atom. The molecule has 0 aliphatic rings. The number of fused-ring (bicyclic) bond motifs is 1. The van der Waals surface area contributed by atoms with Gasteiger partial charge in [-0.2, -0.15) is 0 Å². The molecule has 5 nitrogen and oxygen atoms in total. The first-order chi connectivity index (χ1) is 9.43. The number of aromatic nitrogens is 2. The number of carbonyl (C=O) groups excluding carboxylic acids is 1. The van der Waals surface area contributed by atoms with Gasteiger partial charge in [0, 0.05) is 25.1 Å². The van der Waals surface area contributed by atoms with Crippen molar-refractivity contribution in [3.63, 3.8) is 0 Å². The predicted molar refractivity (Wildman–Crippen MR) is 74.3 cm³/mol. The highest BCUT2D eigenvalue weighted by Crippen LogP contribution is 2.29.